The molecule has 2 heterocycles. The highest BCUT2D eigenvalue weighted by molar-refractivity contribution is 9.10. The normalized spacial score (nSPS) is 18.7. The molecule has 1 unspecified atom stereocenters. The molecular weight excluding hydrogens is 379 g/mol. The summed E-state index contributed by atoms with van der Waals surface area (Å²) in [4.78, 5) is 8.62. The Morgan fingerprint density at radius 2 is 1.71 bits per heavy atom. The maximum Gasteiger partial charge on any atom is 0.162 e. The number of ether oxygens (including phenoxy) is 2. The molecule has 0 aliphatic carbocycles. The Hall–Kier alpha value is -0.720. The lowest BCUT2D eigenvalue weighted by Crippen LogP contribution is -2.23. The molecule has 0 radical (unpaired) electrons. The molecule has 1 atom stereocenters. The van der Waals surface area contributed by atoms with E-state index in [4.69, 9.17) is 32.7 Å². The van der Waals surface area contributed by atoms with Crippen molar-refractivity contribution in [2.75, 3.05) is 19.8 Å². The van der Waals surface area contributed by atoms with Crippen LogP contribution in [0.2, 0.25) is 10.3 Å². The van der Waals surface area contributed by atoms with Gasteiger partial charge in [0.25, 0.3) is 0 Å². The topological polar surface area (TPSA) is 44.2 Å². The number of halogens is 3. The number of benzene rings is 1. The lowest BCUT2D eigenvalue weighted by molar-refractivity contribution is -0.0935. The summed E-state index contributed by atoms with van der Waals surface area (Å²) in [6.07, 6.45) is -0.326. The van der Waals surface area contributed by atoms with Crippen LogP contribution in [-0.2, 0) is 9.47 Å². The molecular formula is C14H11BrCl2N2O2. The van der Waals surface area contributed by atoms with E-state index in [1.807, 2.05) is 24.3 Å². The first-order valence-electron chi connectivity index (χ1n) is 6.33. The highest BCUT2D eigenvalue weighted by Crippen LogP contribution is 2.34. The van der Waals surface area contributed by atoms with Crippen LogP contribution in [0, 0.1) is 0 Å². The molecule has 1 aliphatic heterocycles. The first-order valence-corrected chi connectivity index (χ1v) is 7.88. The van der Waals surface area contributed by atoms with E-state index in [0.29, 0.717) is 41.5 Å². The van der Waals surface area contributed by atoms with E-state index < -0.39 is 0 Å². The number of aromatic nitrogens is 2. The molecule has 7 heteroatoms. The average molecular weight is 390 g/mol. The molecule has 0 saturated carbocycles. The van der Waals surface area contributed by atoms with E-state index in [-0.39, 0.29) is 6.10 Å². The summed E-state index contributed by atoms with van der Waals surface area (Å²) in [6.45, 7) is 1.50. The van der Waals surface area contributed by atoms with Crippen LogP contribution < -0.4 is 0 Å². The predicted octanol–water partition coefficient (Wildman–Crippen LogP) is 4.30. The largest absolute Gasteiger partial charge is 0.376 e. The monoisotopic (exact) mass is 388 g/mol. The van der Waals surface area contributed by atoms with Crippen molar-refractivity contribution in [2.24, 2.45) is 0 Å². The third kappa shape index (κ3) is 3.38. The van der Waals surface area contributed by atoms with Gasteiger partial charge in [-0.15, -0.1) is 0 Å². The Labute approximate surface area is 140 Å². The molecule has 0 N–H and O–H groups in total. The van der Waals surface area contributed by atoms with Crippen LogP contribution >= 0.6 is 39.1 Å². The lowest BCUT2D eigenvalue weighted by Gasteiger charge is -2.22. The maximum absolute atomic E-state index is 6.28. The molecule has 0 amide bonds. The van der Waals surface area contributed by atoms with Crippen LogP contribution in [0.15, 0.2) is 28.7 Å². The minimum absolute atomic E-state index is 0.307. The lowest BCUT2D eigenvalue weighted by atomic mass is 10.1. The molecule has 3 rings (SSSR count). The molecule has 1 aromatic carbocycles. The molecule has 1 aromatic heterocycles. The third-order valence-electron chi connectivity index (χ3n) is 3.07. The van der Waals surface area contributed by atoms with Crippen LogP contribution in [0.4, 0.5) is 0 Å². The Morgan fingerprint density at radius 1 is 1.05 bits per heavy atom. The molecule has 1 saturated heterocycles. The van der Waals surface area contributed by atoms with Gasteiger partial charge in [0.05, 0.1) is 25.4 Å². The minimum Gasteiger partial charge on any atom is -0.376 e. The van der Waals surface area contributed by atoms with Gasteiger partial charge in [0, 0.05) is 4.47 Å². The summed E-state index contributed by atoms with van der Waals surface area (Å²) >= 11 is 16.0. The summed E-state index contributed by atoms with van der Waals surface area (Å²) in [5.74, 6) is 0.450. The third-order valence-corrected chi connectivity index (χ3v) is 4.15. The molecule has 4 nitrogen and oxygen atoms in total. The van der Waals surface area contributed by atoms with Crippen molar-refractivity contribution in [3.05, 3.63) is 44.9 Å². The van der Waals surface area contributed by atoms with Gasteiger partial charge in [0.2, 0.25) is 0 Å². The van der Waals surface area contributed by atoms with Crippen LogP contribution in [0.25, 0.3) is 11.1 Å². The maximum atomic E-state index is 6.28. The summed E-state index contributed by atoms with van der Waals surface area (Å²) in [7, 11) is 0. The SMILES string of the molecule is Clc1nc(C2COCCO2)nc(Cl)c1-c1ccc(Br)cc1. The second kappa shape index (κ2) is 6.58. The fraction of sp³-hybridized carbons (Fsp3) is 0.286. The highest BCUT2D eigenvalue weighted by atomic mass is 79.9. The van der Waals surface area contributed by atoms with Gasteiger partial charge in [-0.05, 0) is 17.7 Å². The van der Waals surface area contributed by atoms with E-state index in [1.165, 1.54) is 0 Å². The van der Waals surface area contributed by atoms with Crippen molar-refractivity contribution in [3.8, 4) is 11.1 Å². The van der Waals surface area contributed by atoms with Crippen molar-refractivity contribution in [3.63, 3.8) is 0 Å². The molecule has 1 fully saturated rings. The van der Waals surface area contributed by atoms with Crippen molar-refractivity contribution in [2.45, 2.75) is 6.10 Å². The first-order chi connectivity index (χ1) is 10.1. The molecule has 0 spiro atoms. The van der Waals surface area contributed by atoms with Crippen LogP contribution in [0.1, 0.15) is 11.9 Å². The van der Waals surface area contributed by atoms with Crippen LogP contribution in [0.5, 0.6) is 0 Å². The number of nitrogens with zero attached hydrogens (tertiary/aromatic N) is 2. The highest BCUT2D eigenvalue weighted by Gasteiger charge is 2.23. The zero-order valence-corrected chi connectivity index (χ0v) is 14.0. The van der Waals surface area contributed by atoms with Gasteiger partial charge in [-0.25, -0.2) is 9.97 Å². The van der Waals surface area contributed by atoms with Gasteiger partial charge >= 0.3 is 0 Å². The summed E-state index contributed by atoms with van der Waals surface area (Å²) in [5, 5.41) is 0.614. The zero-order valence-electron chi connectivity index (χ0n) is 10.9. The summed E-state index contributed by atoms with van der Waals surface area (Å²) in [6, 6.07) is 7.63. The number of rotatable bonds is 2. The minimum atomic E-state index is -0.326. The van der Waals surface area contributed by atoms with Crippen molar-refractivity contribution >= 4 is 39.1 Å². The fourth-order valence-electron chi connectivity index (χ4n) is 2.06. The predicted molar refractivity (Wildman–Crippen MR) is 84.7 cm³/mol. The van der Waals surface area contributed by atoms with E-state index in [9.17, 15) is 0 Å². The Morgan fingerprint density at radius 3 is 2.29 bits per heavy atom. The standard InChI is InChI=1S/C14H11BrCl2N2O2/c15-9-3-1-8(2-4-9)11-12(16)18-14(19-13(11)17)10-7-20-5-6-21-10/h1-4,10H,5-7H2. The average Bonchev–Trinajstić information content (AvgIpc) is 2.49. The summed E-state index contributed by atoms with van der Waals surface area (Å²) < 4.78 is 11.9. The fourth-order valence-corrected chi connectivity index (χ4v) is 2.94. The molecule has 0 bridgehead atoms. The number of hydrogen-bond acceptors (Lipinski definition) is 4. The smallest absolute Gasteiger partial charge is 0.162 e. The van der Waals surface area contributed by atoms with Crippen molar-refractivity contribution < 1.29 is 9.47 Å². The van der Waals surface area contributed by atoms with E-state index in [2.05, 4.69) is 25.9 Å². The second-order valence-corrected chi connectivity index (χ2v) is 6.11. The van der Waals surface area contributed by atoms with Gasteiger partial charge in [0.15, 0.2) is 5.82 Å². The Kier molecular flexibility index (Phi) is 4.76. The molecule has 110 valence electrons. The van der Waals surface area contributed by atoms with Crippen molar-refractivity contribution in [1.29, 1.82) is 0 Å². The molecule has 1 aliphatic rings. The molecule has 21 heavy (non-hydrogen) atoms. The zero-order chi connectivity index (χ0) is 14.8. The van der Waals surface area contributed by atoms with E-state index >= 15 is 0 Å². The van der Waals surface area contributed by atoms with Gasteiger partial charge < -0.3 is 9.47 Å². The Bertz CT molecular complexity index is 623. The van der Waals surface area contributed by atoms with Crippen molar-refractivity contribution in [1.82, 2.24) is 9.97 Å². The van der Waals surface area contributed by atoms with Gasteiger partial charge in [-0.3, -0.25) is 0 Å². The quantitative estimate of drug-likeness (QED) is 0.718. The summed E-state index contributed by atoms with van der Waals surface area (Å²) in [5.41, 5.74) is 1.48. The van der Waals surface area contributed by atoms with E-state index in [0.717, 1.165) is 10.0 Å². The van der Waals surface area contributed by atoms with Crippen LogP contribution in [-0.4, -0.2) is 29.8 Å². The second-order valence-electron chi connectivity index (χ2n) is 4.48. The molecule has 2 aromatic rings. The number of hydrogen-bond donors (Lipinski definition) is 0. The van der Waals surface area contributed by atoms with Gasteiger partial charge in [-0.1, -0.05) is 51.3 Å². The first kappa shape index (κ1) is 15.2. The van der Waals surface area contributed by atoms with Crippen LogP contribution in [0.3, 0.4) is 0 Å². The Balaban J connectivity index is 1.97. The van der Waals surface area contributed by atoms with Gasteiger partial charge in [-0.2, -0.15) is 0 Å². The van der Waals surface area contributed by atoms with E-state index in [1.54, 1.807) is 0 Å². The van der Waals surface area contributed by atoms with Gasteiger partial charge in [0.1, 0.15) is 16.4 Å².